The molecule has 0 unspecified atom stereocenters. The van der Waals surface area contributed by atoms with Crippen molar-refractivity contribution in [3.63, 3.8) is 0 Å². The van der Waals surface area contributed by atoms with Crippen molar-refractivity contribution in [2.45, 2.75) is 33.6 Å². The van der Waals surface area contributed by atoms with E-state index in [9.17, 15) is 4.79 Å². The van der Waals surface area contributed by atoms with Crippen molar-refractivity contribution in [3.05, 3.63) is 58.2 Å². The summed E-state index contributed by atoms with van der Waals surface area (Å²) in [5.74, 6) is -0.309. The van der Waals surface area contributed by atoms with Crippen molar-refractivity contribution >= 4 is 5.97 Å². The van der Waals surface area contributed by atoms with Gasteiger partial charge in [-0.25, -0.2) is 14.8 Å². The molecule has 0 bridgehead atoms. The third-order valence-corrected chi connectivity index (χ3v) is 3.13. The molecule has 0 saturated heterocycles. The summed E-state index contributed by atoms with van der Waals surface area (Å²) < 4.78 is 0. The van der Waals surface area contributed by atoms with Crippen molar-refractivity contribution in [3.8, 4) is 0 Å². The summed E-state index contributed by atoms with van der Waals surface area (Å²) in [7, 11) is 0. The maximum absolute atomic E-state index is 11.1. The summed E-state index contributed by atoms with van der Waals surface area (Å²) in [6, 6.07) is 6.33. The van der Waals surface area contributed by atoms with Crippen LogP contribution in [-0.4, -0.2) is 21.0 Å². The summed E-state index contributed by atoms with van der Waals surface area (Å²) in [4.78, 5) is 19.6. The summed E-state index contributed by atoms with van der Waals surface area (Å²) in [6.07, 6.45) is 2.62. The molecule has 0 aliphatic rings. The van der Waals surface area contributed by atoms with Crippen LogP contribution in [0.25, 0.3) is 0 Å². The zero-order valence-electron chi connectivity index (χ0n) is 12.0. The summed E-state index contributed by atoms with van der Waals surface area (Å²) in [6.45, 7) is 6.01. The van der Waals surface area contributed by atoms with Gasteiger partial charge in [0.25, 0.3) is 0 Å². The topological polar surface area (TPSA) is 63.1 Å². The number of aromatic nitrogens is 2. The Hall–Kier alpha value is -2.23. The zero-order chi connectivity index (χ0) is 14.7. The van der Waals surface area contributed by atoms with Gasteiger partial charge in [0.05, 0.1) is 11.3 Å². The SMILES string of the molecule is CCc1nc(Cc2cc(C)cc(C)c2)ncc1C(=O)O. The van der Waals surface area contributed by atoms with Crippen molar-refractivity contribution in [1.29, 1.82) is 0 Å². The number of carboxylic acids is 1. The monoisotopic (exact) mass is 270 g/mol. The first-order valence-corrected chi connectivity index (χ1v) is 6.65. The third kappa shape index (κ3) is 3.20. The van der Waals surface area contributed by atoms with E-state index >= 15 is 0 Å². The fourth-order valence-corrected chi connectivity index (χ4v) is 2.35. The highest BCUT2D eigenvalue weighted by atomic mass is 16.4. The lowest BCUT2D eigenvalue weighted by atomic mass is 10.0. The Morgan fingerprint density at radius 1 is 1.20 bits per heavy atom. The van der Waals surface area contributed by atoms with Crippen molar-refractivity contribution in [1.82, 2.24) is 9.97 Å². The minimum atomic E-state index is -0.972. The van der Waals surface area contributed by atoms with E-state index in [1.807, 2.05) is 6.92 Å². The maximum Gasteiger partial charge on any atom is 0.339 e. The highest BCUT2D eigenvalue weighted by Gasteiger charge is 2.12. The standard InChI is InChI=1S/C16H18N2O2/c1-4-14-13(16(19)20)9-17-15(18-14)8-12-6-10(2)5-11(3)7-12/h5-7,9H,4,8H2,1-3H3,(H,19,20). The molecule has 4 nitrogen and oxygen atoms in total. The minimum absolute atomic E-state index is 0.191. The average molecular weight is 270 g/mol. The molecular formula is C16H18N2O2. The molecule has 0 aliphatic carbocycles. The number of nitrogens with zero attached hydrogens (tertiary/aromatic N) is 2. The highest BCUT2D eigenvalue weighted by Crippen LogP contribution is 2.13. The van der Waals surface area contributed by atoms with Crippen LogP contribution in [0, 0.1) is 13.8 Å². The van der Waals surface area contributed by atoms with Crippen LogP contribution in [0.15, 0.2) is 24.4 Å². The van der Waals surface area contributed by atoms with Gasteiger partial charge < -0.3 is 5.11 Å². The van der Waals surface area contributed by atoms with E-state index in [2.05, 4.69) is 42.0 Å². The van der Waals surface area contributed by atoms with Crippen molar-refractivity contribution < 1.29 is 9.90 Å². The van der Waals surface area contributed by atoms with Gasteiger partial charge in [-0.2, -0.15) is 0 Å². The Kier molecular flexibility index (Phi) is 4.13. The Morgan fingerprint density at radius 3 is 2.40 bits per heavy atom. The molecule has 1 aromatic carbocycles. The van der Waals surface area contributed by atoms with Gasteiger partial charge >= 0.3 is 5.97 Å². The van der Waals surface area contributed by atoms with E-state index in [1.165, 1.54) is 17.3 Å². The first-order valence-electron chi connectivity index (χ1n) is 6.65. The molecular weight excluding hydrogens is 252 g/mol. The van der Waals surface area contributed by atoms with Crippen molar-refractivity contribution in [2.75, 3.05) is 0 Å². The summed E-state index contributed by atoms with van der Waals surface area (Å²) in [5.41, 5.74) is 4.34. The van der Waals surface area contributed by atoms with E-state index in [-0.39, 0.29) is 5.56 Å². The van der Waals surface area contributed by atoms with Gasteiger partial charge in [0.2, 0.25) is 0 Å². The van der Waals surface area contributed by atoms with Crippen LogP contribution in [0.5, 0.6) is 0 Å². The first-order chi connectivity index (χ1) is 9.49. The van der Waals surface area contributed by atoms with Crippen LogP contribution < -0.4 is 0 Å². The van der Waals surface area contributed by atoms with Gasteiger partial charge in [-0.15, -0.1) is 0 Å². The number of rotatable bonds is 4. The number of hydrogen-bond donors (Lipinski definition) is 1. The molecule has 0 radical (unpaired) electrons. The Bertz CT molecular complexity index is 631. The fourth-order valence-electron chi connectivity index (χ4n) is 2.35. The molecule has 2 rings (SSSR count). The smallest absolute Gasteiger partial charge is 0.339 e. The predicted octanol–water partition coefficient (Wildman–Crippen LogP) is 2.94. The zero-order valence-corrected chi connectivity index (χ0v) is 12.0. The molecule has 2 aromatic rings. The Balaban J connectivity index is 2.32. The van der Waals surface area contributed by atoms with Crippen molar-refractivity contribution in [2.24, 2.45) is 0 Å². The molecule has 0 atom stereocenters. The number of aryl methyl sites for hydroxylation is 3. The third-order valence-electron chi connectivity index (χ3n) is 3.13. The van der Waals surface area contributed by atoms with Gasteiger partial charge in [0.1, 0.15) is 5.82 Å². The number of aromatic carboxylic acids is 1. The van der Waals surface area contributed by atoms with Gasteiger partial charge in [0.15, 0.2) is 0 Å². The van der Waals surface area contributed by atoms with Crippen LogP contribution >= 0.6 is 0 Å². The van der Waals surface area contributed by atoms with Crippen LogP contribution in [0.3, 0.4) is 0 Å². The van der Waals surface area contributed by atoms with E-state index in [4.69, 9.17) is 5.11 Å². The summed E-state index contributed by atoms with van der Waals surface area (Å²) >= 11 is 0. The molecule has 1 N–H and O–H groups in total. The lowest BCUT2D eigenvalue weighted by Crippen LogP contribution is -2.08. The number of benzene rings is 1. The lowest BCUT2D eigenvalue weighted by molar-refractivity contribution is 0.0694. The predicted molar refractivity (Wildman–Crippen MR) is 77.1 cm³/mol. The Labute approximate surface area is 118 Å². The second-order valence-corrected chi connectivity index (χ2v) is 4.98. The lowest BCUT2D eigenvalue weighted by Gasteiger charge is -2.07. The van der Waals surface area contributed by atoms with Gasteiger partial charge in [0, 0.05) is 12.6 Å². The second kappa shape index (κ2) is 5.82. The molecule has 0 amide bonds. The summed E-state index contributed by atoms with van der Waals surface area (Å²) in [5, 5.41) is 9.07. The van der Waals surface area contributed by atoms with Gasteiger partial charge in [-0.3, -0.25) is 0 Å². The van der Waals surface area contributed by atoms with Crippen LogP contribution in [0.4, 0.5) is 0 Å². The minimum Gasteiger partial charge on any atom is -0.478 e. The molecule has 104 valence electrons. The molecule has 0 fully saturated rings. The Morgan fingerprint density at radius 2 is 1.85 bits per heavy atom. The molecule has 0 spiro atoms. The molecule has 0 aliphatic heterocycles. The van der Waals surface area contributed by atoms with Gasteiger partial charge in [-0.05, 0) is 25.8 Å². The van der Waals surface area contributed by atoms with E-state index in [1.54, 1.807) is 0 Å². The fraction of sp³-hybridized carbons (Fsp3) is 0.312. The van der Waals surface area contributed by atoms with E-state index in [0.29, 0.717) is 24.4 Å². The van der Waals surface area contributed by atoms with E-state index in [0.717, 1.165) is 5.56 Å². The molecule has 1 heterocycles. The molecule has 0 saturated carbocycles. The number of hydrogen-bond acceptors (Lipinski definition) is 3. The second-order valence-electron chi connectivity index (χ2n) is 4.98. The molecule has 1 aromatic heterocycles. The highest BCUT2D eigenvalue weighted by molar-refractivity contribution is 5.88. The number of carboxylic acid groups (broad SMARTS) is 1. The largest absolute Gasteiger partial charge is 0.478 e. The number of carbonyl (C=O) groups is 1. The van der Waals surface area contributed by atoms with Crippen LogP contribution in [-0.2, 0) is 12.8 Å². The normalized spacial score (nSPS) is 10.6. The molecule has 4 heteroatoms. The maximum atomic E-state index is 11.1. The molecule has 20 heavy (non-hydrogen) atoms. The average Bonchev–Trinajstić information content (AvgIpc) is 2.37. The first kappa shape index (κ1) is 14.2. The quantitative estimate of drug-likeness (QED) is 0.927. The van der Waals surface area contributed by atoms with Crippen LogP contribution in [0.1, 0.15) is 45.5 Å². The van der Waals surface area contributed by atoms with Crippen LogP contribution in [0.2, 0.25) is 0 Å². The van der Waals surface area contributed by atoms with Gasteiger partial charge in [-0.1, -0.05) is 36.2 Å². The van der Waals surface area contributed by atoms with E-state index < -0.39 is 5.97 Å².